The average Bonchev–Trinajstić information content (AvgIpc) is 3.09. The standard InChI is InChI=1S/C22H28N2O3S/c1-3-22(13-16-8-7-9-17(12-16)14-22)23-21(25)19-20(15(2)24-27-19)28(26)18-10-5-4-6-11-18/h4-6,10-11,16-17H,3,7-9,12-14H2,1-2H3,(H,23,25). The van der Waals surface area contributed by atoms with Crippen LogP contribution < -0.4 is 5.32 Å². The first-order valence-electron chi connectivity index (χ1n) is 10.3. The number of nitrogens with zero attached hydrogens (tertiary/aromatic N) is 1. The number of aryl methyl sites for hydroxylation is 1. The number of fused-ring (bicyclic) bond motifs is 2. The Bertz CT molecular complexity index is 824. The van der Waals surface area contributed by atoms with Crippen molar-refractivity contribution in [3.63, 3.8) is 0 Å². The Morgan fingerprint density at radius 1 is 1.29 bits per heavy atom. The summed E-state index contributed by atoms with van der Waals surface area (Å²) in [7, 11) is 0. The van der Waals surface area contributed by atoms with Gasteiger partial charge in [0.15, 0.2) is 4.90 Å². The maximum atomic E-state index is 13.2. The number of amides is 1. The molecule has 3 unspecified atom stereocenters. The molecule has 1 N–H and O–H groups in total. The molecule has 0 radical (unpaired) electrons. The second-order valence-corrected chi connectivity index (χ2v) is 9.82. The smallest absolute Gasteiger partial charge is 0.295 e. The number of hydrogen-bond acceptors (Lipinski definition) is 4. The lowest BCUT2D eigenvalue weighted by molar-refractivity contribution is 0.0624. The zero-order chi connectivity index (χ0) is 19.7. The summed E-state index contributed by atoms with van der Waals surface area (Å²) in [6.07, 6.45) is 8.08. The molecule has 150 valence electrons. The molecule has 4 rings (SSSR count). The summed E-state index contributed by atoms with van der Waals surface area (Å²) in [4.78, 5) is 14.2. The molecule has 6 heteroatoms. The van der Waals surface area contributed by atoms with Gasteiger partial charge >= 0.3 is 0 Å². The van der Waals surface area contributed by atoms with Crippen molar-refractivity contribution in [3.8, 4) is 0 Å². The number of aromatic nitrogens is 1. The number of carbonyl (C=O) groups is 1. The van der Waals surface area contributed by atoms with Crippen LogP contribution in [0.5, 0.6) is 0 Å². The highest BCUT2D eigenvalue weighted by Gasteiger charge is 2.43. The molecule has 2 aliphatic carbocycles. The van der Waals surface area contributed by atoms with Crippen molar-refractivity contribution in [3.05, 3.63) is 41.8 Å². The molecular weight excluding hydrogens is 372 g/mol. The summed E-state index contributed by atoms with van der Waals surface area (Å²) in [5, 5.41) is 7.23. The molecule has 1 aromatic heterocycles. The Balaban J connectivity index is 1.59. The van der Waals surface area contributed by atoms with E-state index in [4.69, 9.17) is 4.52 Å². The topological polar surface area (TPSA) is 78.2 Å². The Hall–Kier alpha value is -1.79. The van der Waals surface area contributed by atoms with E-state index >= 15 is 0 Å². The van der Waals surface area contributed by atoms with Crippen molar-refractivity contribution in [2.75, 3.05) is 0 Å². The van der Waals surface area contributed by atoms with E-state index in [1.165, 1.54) is 25.7 Å². The first-order valence-corrected chi connectivity index (χ1v) is 11.4. The Kier molecular flexibility index (Phi) is 5.52. The van der Waals surface area contributed by atoms with Gasteiger partial charge in [-0.3, -0.25) is 4.79 Å². The van der Waals surface area contributed by atoms with Gasteiger partial charge in [-0.1, -0.05) is 49.5 Å². The summed E-state index contributed by atoms with van der Waals surface area (Å²) >= 11 is -1.50. The van der Waals surface area contributed by atoms with Crippen molar-refractivity contribution >= 4 is 17.1 Å². The molecule has 1 amide bonds. The largest absolute Gasteiger partial charge is 0.606 e. The Labute approximate surface area is 169 Å². The monoisotopic (exact) mass is 400 g/mol. The van der Waals surface area contributed by atoms with Crippen LogP contribution in [-0.2, 0) is 11.2 Å². The van der Waals surface area contributed by atoms with Crippen LogP contribution in [0.4, 0.5) is 0 Å². The van der Waals surface area contributed by atoms with Crippen LogP contribution in [0.2, 0.25) is 0 Å². The Morgan fingerprint density at radius 3 is 2.61 bits per heavy atom. The van der Waals surface area contributed by atoms with Crippen LogP contribution in [0.25, 0.3) is 0 Å². The van der Waals surface area contributed by atoms with Crippen LogP contribution in [-0.4, -0.2) is 21.2 Å². The third kappa shape index (κ3) is 3.72. The van der Waals surface area contributed by atoms with Gasteiger partial charge in [0.25, 0.3) is 11.7 Å². The molecule has 1 heterocycles. The summed E-state index contributed by atoms with van der Waals surface area (Å²) < 4.78 is 18.5. The second-order valence-electron chi connectivity index (χ2n) is 8.40. The van der Waals surface area contributed by atoms with Crippen molar-refractivity contribution in [2.45, 2.75) is 74.1 Å². The lowest BCUT2D eigenvalue weighted by Crippen LogP contribution is -2.53. The van der Waals surface area contributed by atoms with Gasteiger partial charge in [0, 0.05) is 16.7 Å². The predicted molar refractivity (Wildman–Crippen MR) is 108 cm³/mol. The summed E-state index contributed by atoms with van der Waals surface area (Å²) in [5.41, 5.74) is 0.301. The Morgan fingerprint density at radius 2 is 1.96 bits per heavy atom. The minimum absolute atomic E-state index is 0.0863. The predicted octanol–water partition coefficient (Wildman–Crippen LogP) is 4.63. The van der Waals surface area contributed by atoms with E-state index in [0.717, 1.165) is 19.3 Å². The van der Waals surface area contributed by atoms with Crippen molar-refractivity contribution in [1.82, 2.24) is 10.5 Å². The minimum atomic E-state index is -1.50. The molecule has 2 aromatic rings. The maximum absolute atomic E-state index is 13.2. The highest BCUT2D eigenvalue weighted by Crippen LogP contribution is 2.46. The third-order valence-electron chi connectivity index (χ3n) is 6.46. The zero-order valence-electron chi connectivity index (χ0n) is 16.6. The number of hydrogen-bond donors (Lipinski definition) is 1. The molecule has 0 spiro atoms. The van der Waals surface area contributed by atoms with Crippen LogP contribution in [0.3, 0.4) is 0 Å². The lowest BCUT2D eigenvalue weighted by Gasteiger charge is -2.47. The van der Waals surface area contributed by atoms with Crippen LogP contribution >= 0.6 is 0 Å². The fraction of sp³-hybridized carbons (Fsp3) is 0.545. The fourth-order valence-corrected chi connectivity index (χ4v) is 6.37. The van der Waals surface area contributed by atoms with E-state index in [9.17, 15) is 9.35 Å². The number of carbonyl (C=O) groups excluding carboxylic acids is 1. The lowest BCUT2D eigenvalue weighted by atomic mass is 9.64. The van der Waals surface area contributed by atoms with E-state index in [0.29, 0.717) is 27.3 Å². The molecule has 5 nitrogen and oxygen atoms in total. The second kappa shape index (κ2) is 7.91. The highest BCUT2D eigenvalue weighted by atomic mass is 32.2. The SMILES string of the molecule is CCC1(NC(=O)c2onc(C)c2[S+]([O-])c2ccccc2)CC2CCCC(C2)C1. The molecule has 2 fully saturated rings. The van der Waals surface area contributed by atoms with Crippen LogP contribution in [0.15, 0.2) is 44.6 Å². The molecule has 0 aliphatic heterocycles. The van der Waals surface area contributed by atoms with Gasteiger partial charge in [0.1, 0.15) is 5.69 Å². The first kappa shape index (κ1) is 19.5. The number of benzene rings is 1. The maximum Gasteiger partial charge on any atom is 0.295 e. The molecule has 2 saturated carbocycles. The molecule has 1 aromatic carbocycles. The summed E-state index contributed by atoms with van der Waals surface area (Å²) in [6, 6.07) is 9.13. The van der Waals surface area contributed by atoms with Crippen molar-refractivity contribution < 1.29 is 13.9 Å². The quantitative estimate of drug-likeness (QED) is 0.742. The van der Waals surface area contributed by atoms with Gasteiger partial charge in [-0.05, 0) is 56.6 Å². The van der Waals surface area contributed by atoms with E-state index in [1.54, 1.807) is 19.1 Å². The van der Waals surface area contributed by atoms with Crippen LogP contribution in [0.1, 0.15) is 68.1 Å². The number of nitrogens with one attached hydrogen (secondary N) is 1. The minimum Gasteiger partial charge on any atom is -0.606 e. The van der Waals surface area contributed by atoms with E-state index in [2.05, 4.69) is 17.4 Å². The molecular formula is C22H28N2O3S. The highest BCUT2D eigenvalue weighted by molar-refractivity contribution is 7.91. The molecule has 2 aliphatic rings. The third-order valence-corrected chi connectivity index (χ3v) is 8.02. The van der Waals surface area contributed by atoms with Crippen molar-refractivity contribution in [2.24, 2.45) is 11.8 Å². The van der Waals surface area contributed by atoms with Gasteiger partial charge in [0.2, 0.25) is 4.90 Å². The molecule has 3 atom stereocenters. The van der Waals surface area contributed by atoms with E-state index in [-0.39, 0.29) is 17.2 Å². The van der Waals surface area contributed by atoms with Crippen molar-refractivity contribution in [1.29, 1.82) is 0 Å². The van der Waals surface area contributed by atoms with Crippen LogP contribution in [0, 0.1) is 18.8 Å². The fourth-order valence-electron chi connectivity index (χ4n) is 5.12. The summed E-state index contributed by atoms with van der Waals surface area (Å²) in [6.45, 7) is 3.88. The average molecular weight is 401 g/mol. The van der Waals surface area contributed by atoms with Gasteiger partial charge in [-0.15, -0.1) is 0 Å². The normalized spacial score (nSPS) is 28.0. The van der Waals surface area contributed by atoms with Gasteiger partial charge < -0.3 is 14.4 Å². The number of rotatable bonds is 5. The summed E-state index contributed by atoms with van der Waals surface area (Å²) in [5.74, 6) is 1.19. The first-order chi connectivity index (χ1) is 13.5. The molecule has 28 heavy (non-hydrogen) atoms. The molecule has 0 saturated heterocycles. The van der Waals surface area contributed by atoms with Gasteiger partial charge in [-0.25, -0.2) is 0 Å². The molecule has 2 bridgehead atoms. The zero-order valence-corrected chi connectivity index (χ0v) is 17.4. The van der Waals surface area contributed by atoms with Gasteiger partial charge in [-0.2, -0.15) is 0 Å². The van der Waals surface area contributed by atoms with E-state index < -0.39 is 11.2 Å². The van der Waals surface area contributed by atoms with Gasteiger partial charge in [0.05, 0.1) is 0 Å². The van der Waals surface area contributed by atoms with E-state index in [1.807, 2.05) is 18.2 Å².